The van der Waals surface area contributed by atoms with Crippen LogP contribution in [0.1, 0.15) is 15.9 Å². The summed E-state index contributed by atoms with van der Waals surface area (Å²) < 4.78 is 39.9. The summed E-state index contributed by atoms with van der Waals surface area (Å²) in [5.41, 5.74) is 0.837. The minimum atomic E-state index is -4.51. The van der Waals surface area contributed by atoms with E-state index < -0.39 is 11.7 Å². The van der Waals surface area contributed by atoms with Gasteiger partial charge in [0, 0.05) is 48.2 Å². The highest BCUT2D eigenvalue weighted by Gasteiger charge is 2.32. The third-order valence-electron chi connectivity index (χ3n) is 4.37. The lowest BCUT2D eigenvalue weighted by Crippen LogP contribution is -2.14. The van der Waals surface area contributed by atoms with E-state index in [1.165, 1.54) is 23.2 Å². The summed E-state index contributed by atoms with van der Waals surface area (Å²) in [5.74, 6) is -0.128. The van der Waals surface area contributed by atoms with Gasteiger partial charge in [-0.25, -0.2) is 4.98 Å². The monoisotopic (exact) mass is 445 g/mol. The lowest BCUT2D eigenvalue weighted by atomic mass is 10.0. The van der Waals surface area contributed by atoms with E-state index >= 15 is 0 Å². The van der Waals surface area contributed by atoms with E-state index in [9.17, 15) is 18.0 Å². The molecule has 0 fully saturated rings. The summed E-state index contributed by atoms with van der Waals surface area (Å²) in [4.78, 5) is 18.3. The fourth-order valence-corrected chi connectivity index (χ4v) is 2.87. The highest BCUT2D eigenvalue weighted by atomic mass is 35.5. The van der Waals surface area contributed by atoms with Crippen LogP contribution in [0.4, 0.5) is 24.7 Å². The Bertz CT molecular complexity index is 1110. The van der Waals surface area contributed by atoms with Crippen LogP contribution in [-0.2, 0) is 6.18 Å². The lowest BCUT2D eigenvalue weighted by Gasteiger charge is -2.16. The molecule has 1 heterocycles. The molecule has 2 aromatic carbocycles. The van der Waals surface area contributed by atoms with Gasteiger partial charge < -0.3 is 10.2 Å². The SMILES string of the molecule is CN(C)c1cc(C(F)(F)F)cc(-c2cccc(C(=O)C=CNc3ccc(Cl)cc3)c2)n1. The van der Waals surface area contributed by atoms with E-state index in [2.05, 4.69) is 10.3 Å². The first-order chi connectivity index (χ1) is 14.6. The fourth-order valence-electron chi connectivity index (χ4n) is 2.74. The topological polar surface area (TPSA) is 45.2 Å². The molecule has 0 spiro atoms. The van der Waals surface area contributed by atoms with Crippen LogP contribution in [0.25, 0.3) is 11.3 Å². The van der Waals surface area contributed by atoms with Crippen molar-refractivity contribution in [1.29, 1.82) is 0 Å². The highest BCUT2D eigenvalue weighted by Crippen LogP contribution is 2.34. The molecule has 0 aliphatic heterocycles. The minimum absolute atomic E-state index is 0.136. The molecule has 1 aromatic heterocycles. The first kappa shape index (κ1) is 22.4. The first-order valence-electron chi connectivity index (χ1n) is 9.23. The van der Waals surface area contributed by atoms with Gasteiger partial charge in [0.1, 0.15) is 5.82 Å². The van der Waals surface area contributed by atoms with Gasteiger partial charge in [-0.3, -0.25) is 4.79 Å². The van der Waals surface area contributed by atoms with Crippen molar-refractivity contribution in [2.45, 2.75) is 6.18 Å². The van der Waals surface area contributed by atoms with Crippen molar-refractivity contribution in [1.82, 2.24) is 4.98 Å². The van der Waals surface area contributed by atoms with Crippen molar-refractivity contribution in [3.8, 4) is 11.3 Å². The first-order valence-corrected chi connectivity index (χ1v) is 9.61. The average Bonchev–Trinajstić information content (AvgIpc) is 2.74. The summed E-state index contributed by atoms with van der Waals surface area (Å²) in [6, 6.07) is 15.3. The predicted molar refractivity (Wildman–Crippen MR) is 118 cm³/mol. The summed E-state index contributed by atoms with van der Waals surface area (Å²) in [7, 11) is 3.23. The Morgan fingerprint density at radius 3 is 2.42 bits per heavy atom. The van der Waals surface area contributed by atoms with Crippen molar-refractivity contribution in [3.63, 3.8) is 0 Å². The summed E-state index contributed by atoms with van der Waals surface area (Å²) in [5, 5.41) is 3.56. The van der Waals surface area contributed by atoms with E-state index in [1.807, 2.05) is 0 Å². The number of nitrogens with one attached hydrogen (secondary N) is 1. The molecule has 1 N–H and O–H groups in total. The van der Waals surface area contributed by atoms with Crippen molar-refractivity contribution in [3.05, 3.63) is 89.1 Å². The molecule has 31 heavy (non-hydrogen) atoms. The van der Waals surface area contributed by atoms with Crippen LogP contribution in [0.5, 0.6) is 0 Å². The number of aromatic nitrogens is 1. The maximum atomic E-state index is 13.3. The van der Waals surface area contributed by atoms with Crippen LogP contribution in [0, 0.1) is 0 Å². The number of nitrogens with zero attached hydrogens (tertiary/aromatic N) is 2. The second-order valence-corrected chi connectivity index (χ2v) is 7.36. The number of allylic oxidation sites excluding steroid dienone is 1. The Kier molecular flexibility index (Phi) is 6.65. The van der Waals surface area contributed by atoms with Crippen LogP contribution in [0.2, 0.25) is 5.02 Å². The number of alkyl halides is 3. The average molecular weight is 446 g/mol. The molecular formula is C23H19ClF3N3O. The molecular weight excluding hydrogens is 427 g/mol. The van der Waals surface area contributed by atoms with E-state index in [4.69, 9.17) is 11.6 Å². The zero-order chi connectivity index (χ0) is 22.6. The largest absolute Gasteiger partial charge is 0.416 e. The number of benzene rings is 2. The standard InChI is InChI=1S/C23H19ClF3N3O/c1-30(2)22-14-17(23(25,26)27)13-20(29-22)15-4-3-5-16(12-15)21(31)10-11-28-19-8-6-18(24)7-9-19/h3-14,28H,1-2H3. The molecule has 0 amide bonds. The van der Waals surface area contributed by atoms with Gasteiger partial charge in [-0.1, -0.05) is 29.8 Å². The van der Waals surface area contributed by atoms with E-state index in [1.54, 1.807) is 56.6 Å². The van der Waals surface area contributed by atoms with Crippen LogP contribution in [0.3, 0.4) is 0 Å². The summed E-state index contributed by atoms with van der Waals surface area (Å²) >= 11 is 5.83. The number of rotatable bonds is 6. The molecule has 8 heteroatoms. The van der Waals surface area contributed by atoms with Crippen molar-refractivity contribution < 1.29 is 18.0 Å². The Balaban J connectivity index is 1.85. The van der Waals surface area contributed by atoms with Gasteiger partial charge in [0.05, 0.1) is 11.3 Å². The molecule has 0 radical (unpaired) electrons. The van der Waals surface area contributed by atoms with Crippen LogP contribution in [0.15, 0.2) is 72.9 Å². The number of carbonyl (C=O) groups is 1. The molecule has 0 aliphatic carbocycles. The summed E-state index contributed by atoms with van der Waals surface area (Å²) in [6.07, 6.45) is -1.67. The predicted octanol–water partition coefficient (Wildman–Crippen LogP) is 6.30. The number of anilines is 2. The summed E-state index contributed by atoms with van der Waals surface area (Å²) in [6.45, 7) is 0. The zero-order valence-corrected chi connectivity index (χ0v) is 17.5. The molecule has 0 bridgehead atoms. The maximum Gasteiger partial charge on any atom is 0.416 e. The van der Waals surface area contributed by atoms with Gasteiger partial charge in [-0.15, -0.1) is 0 Å². The zero-order valence-electron chi connectivity index (χ0n) is 16.7. The van der Waals surface area contributed by atoms with E-state index in [0.29, 0.717) is 16.1 Å². The van der Waals surface area contributed by atoms with Crippen molar-refractivity contribution >= 4 is 28.9 Å². The number of hydrogen-bond acceptors (Lipinski definition) is 4. The molecule has 160 valence electrons. The molecule has 0 atom stereocenters. The second kappa shape index (κ2) is 9.22. The molecule has 0 saturated heterocycles. The van der Waals surface area contributed by atoms with E-state index in [-0.39, 0.29) is 17.3 Å². The third kappa shape index (κ3) is 5.86. The number of carbonyl (C=O) groups excluding carboxylic acids is 1. The smallest absolute Gasteiger partial charge is 0.363 e. The normalized spacial score (nSPS) is 11.5. The van der Waals surface area contributed by atoms with Crippen molar-refractivity contribution in [2.75, 3.05) is 24.3 Å². The quantitative estimate of drug-likeness (QED) is 0.357. The Morgan fingerprint density at radius 1 is 1.06 bits per heavy atom. The second-order valence-electron chi connectivity index (χ2n) is 6.92. The van der Waals surface area contributed by atoms with Crippen LogP contribution < -0.4 is 10.2 Å². The van der Waals surface area contributed by atoms with Gasteiger partial charge in [0.15, 0.2) is 5.78 Å². The Morgan fingerprint density at radius 2 is 1.77 bits per heavy atom. The van der Waals surface area contributed by atoms with Gasteiger partial charge in [-0.05, 0) is 42.5 Å². The minimum Gasteiger partial charge on any atom is -0.363 e. The van der Waals surface area contributed by atoms with Gasteiger partial charge >= 0.3 is 6.18 Å². The molecule has 0 saturated carbocycles. The maximum absolute atomic E-state index is 13.3. The fraction of sp³-hybridized carbons (Fsp3) is 0.130. The molecule has 3 aromatic rings. The molecule has 0 unspecified atom stereocenters. The molecule has 0 aliphatic rings. The van der Waals surface area contributed by atoms with E-state index in [0.717, 1.165) is 17.8 Å². The lowest BCUT2D eigenvalue weighted by molar-refractivity contribution is -0.137. The molecule has 4 nitrogen and oxygen atoms in total. The third-order valence-corrected chi connectivity index (χ3v) is 4.62. The number of halogens is 4. The van der Waals surface area contributed by atoms with Gasteiger partial charge in [-0.2, -0.15) is 13.2 Å². The van der Waals surface area contributed by atoms with Gasteiger partial charge in [0.2, 0.25) is 0 Å². The van der Waals surface area contributed by atoms with Crippen LogP contribution in [-0.4, -0.2) is 24.9 Å². The highest BCUT2D eigenvalue weighted by molar-refractivity contribution is 6.30. The Hall–Kier alpha value is -3.32. The number of hydrogen-bond donors (Lipinski definition) is 1. The number of pyridine rings is 1. The van der Waals surface area contributed by atoms with Crippen LogP contribution >= 0.6 is 11.6 Å². The van der Waals surface area contributed by atoms with Crippen molar-refractivity contribution in [2.24, 2.45) is 0 Å². The van der Waals surface area contributed by atoms with Gasteiger partial charge in [0.25, 0.3) is 0 Å². The molecule has 3 rings (SSSR count). The number of ketones is 1. The Labute approximate surface area is 183 Å².